The van der Waals surface area contributed by atoms with Gasteiger partial charge in [-0.3, -0.25) is 4.79 Å². The van der Waals surface area contributed by atoms with E-state index in [2.05, 4.69) is 5.32 Å². The zero-order valence-electron chi connectivity index (χ0n) is 11.5. The number of carbonyl (C=O) groups excluding carboxylic acids is 1. The Kier molecular flexibility index (Phi) is 4.57. The number of aryl methyl sites for hydroxylation is 1. The molecule has 1 aromatic carbocycles. The first-order valence-corrected chi connectivity index (χ1v) is 6.55. The van der Waals surface area contributed by atoms with Crippen LogP contribution in [0.1, 0.15) is 29.5 Å². The minimum Gasteiger partial charge on any atom is -0.469 e. The van der Waals surface area contributed by atoms with Gasteiger partial charge in [0.05, 0.1) is 17.5 Å². The molecular weight excluding hydrogens is 278 g/mol. The van der Waals surface area contributed by atoms with Gasteiger partial charge in [0.1, 0.15) is 17.4 Å². The van der Waals surface area contributed by atoms with Gasteiger partial charge >= 0.3 is 0 Å². The Balaban J connectivity index is 1.96. The minimum absolute atomic E-state index is 0.187. The van der Waals surface area contributed by atoms with Crippen LogP contribution in [0.25, 0.3) is 0 Å². The Bertz CT molecular complexity index is 627. The lowest BCUT2D eigenvalue weighted by Crippen LogP contribution is -2.33. The number of nitrogen functional groups attached to an aromatic ring is 1. The zero-order chi connectivity index (χ0) is 15.4. The summed E-state index contributed by atoms with van der Waals surface area (Å²) in [5.41, 5.74) is 4.82. The van der Waals surface area contributed by atoms with Crippen molar-refractivity contribution in [1.29, 1.82) is 0 Å². The quantitative estimate of drug-likeness (QED) is 0.833. The van der Waals surface area contributed by atoms with Crippen molar-refractivity contribution >= 4 is 11.6 Å². The highest BCUT2D eigenvalue weighted by Gasteiger charge is 2.17. The predicted octanol–water partition coefficient (Wildman–Crippen LogP) is 2.89. The van der Waals surface area contributed by atoms with Crippen LogP contribution in [-0.4, -0.2) is 11.9 Å². The van der Waals surface area contributed by atoms with Gasteiger partial charge in [-0.25, -0.2) is 8.78 Å². The predicted molar refractivity (Wildman–Crippen MR) is 74.7 cm³/mol. The largest absolute Gasteiger partial charge is 0.469 e. The monoisotopic (exact) mass is 294 g/mol. The molecule has 0 fully saturated rings. The Morgan fingerprint density at radius 3 is 2.81 bits per heavy atom. The van der Waals surface area contributed by atoms with Crippen molar-refractivity contribution in [2.75, 3.05) is 5.73 Å². The molecule has 2 aromatic rings. The second kappa shape index (κ2) is 6.39. The number of benzene rings is 1. The van der Waals surface area contributed by atoms with Crippen LogP contribution in [0.3, 0.4) is 0 Å². The molecular formula is C15H16F2N2O2. The SMILES string of the molecule is CC(CCc1ccco1)NC(=O)c1cc(N)c(F)cc1F. The molecule has 0 radical (unpaired) electrons. The molecule has 1 heterocycles. The van der Waals surface area contributed by atoms with Crippen molar-refractivity contribution in [2.24, 2.45) is 0 Å². The Morgan fingerprint density at radius 1 is 1.38 bits per heavy atom. The van der Waals surface area contributed by atoms with Gasteiger partial charge in [-0.05, 0) is 31.5 Å². The highest BCUT2D eigenvalue weighted by atomic mass is 19.1. The van der Waals surface area contributed by atoms with Crippen LogP contribution in [0.2, 0.25) is 0 Å². The summed E-state index contributed by atoms with van der Waals surface area (Å²) in [6.07, 6.45) is 2.87. The van der Waals surface area contributed by atoms with Crippen LogP contribution < -0.4 is 11.1 Å². The molecule has 4 nitrogen and oxygen atoms in total. The lowest BCUT2D eigenvalue weighted by molar-refractivity contribution is 0.0934. The number of furan rings is 1. The summed E-state index contributed by atoms with van der Waals surface area (Å²) in [6, 6.07) is 5.05. The van der Waals surface area contributed by atoms with E-state index in [0.717, 1.165) is 11.8 Å². The van der Waals surface area contributed by atoms with Crippen molar-refractivity contribution in [3.05, 3.63) is 53.5 Å². The average molecular weight is 294 g/mol. The normalized spacial score (nSPS) is 12.1. The number of halogens is 2. The summed E-state index contributed by atoms with van der Waals surface area (Å²) in [6.45, 7) is 1.80. The highest BCUT2D eigenvalue weighted by molar-refractivity contribution is 5.95. The van der Waals surface area contributed by atoms with Gasteiger partial charge in [-0.2, -0.15) is 0 Å². The molecule has 0 saturated carbocycles. The molecule has 3 N–H and O–H groups in total. The number of anilines is 1. The van der Waals surface area contributed by atoms with E-state index >= 15 is 0 Å². The molecule has 6 heteroatoms. The molecule has 0 aliphatic rings. The van der Waals surface area contributed by atoms with Crippen molar-refractivity contribution in [1.82, 2.24) is 5.32 Å². The van der Waals surface area contributed by atoms with E-state index in [1.54, 1.807) is 19.3 Å². The van der Waals surface area contributed by atoms with Gasteiger partial charge in [0, 0.05) is 18.5 Å². The molecule has 0 saturated heterocycles. The van der Waals surface area contributed by atoms with Crippen LogP contribution >= 0.6 is 0 Å². The zero-order valence-corrected chi connectivity index (χ0v) is 11.5. The Labute approximate surface area is 120 Å². The first kappa shape index (κ1) is 15.0. The molecule has 1 amide bonds. The van der Waals surface area contributed by atoms with Gasteiger partial charge < -0.3 is 15.5 Å². The number of nitrogens with one attached hydrogen (secondary N) is 1. The van der Waals surface area contributed by atoms with Gasteiger partial charge in [-0.15, -0.1) is 0 Å². The summed E-state index contributed by atoms with van der Waals surface area (Å²) in [7, 11) is 0. The molecule has 1 unspecified atom stereocenters. The van der Waals surface area contributed by atoms with Crippen LogP contribution in [0, 0.1) is 11.6 Å². The van der Waals surface area contributed by atoms with Crippen LogP contribution in [0.15, 0.2) is 34.9 Å². The third-order valence-electron chi connectivity index (χ3n) is 3.11. The third-order valence-corrected chi connectivity index (χ3v) is 3.11. The van der Waals surface area contributed by atoms with Crippen molar-refractivity contribution in [3.8, 4) is 0 Å². The minimum atomic E-state index is -0.933. The number of rotatable bonds is 5. The van der Waals surface area contributed by atoms with Gasteiger partial charge in [0.2, 0.25) is 0 Å². The number of nitrogens with two attached hydrogens (primary N) is 1. The third kappa shape index (κ3) is 3.81. The summed E-state index contributed by atoms with van der Waals surface area (Å²) in [4.78, 5) is 11.9. The first-order chi connectivity index (χ1) is 9.97. The molecule has 1 aromatic heterocycles. The van der Waals surface area contributed by atoms with Crippen molar-refractivity contribution < 1.29 is 18.0 Å². The van der Waals surface area contributed by atoms with Gasteiger partial charge in [0.15, 0.2) is 0 Å². The fraction of sp³-hybridized carbons (Fsp3) is 0.267. The topological polar surface area (TPSA) is 68.3 Å². The smallest absolute Gasteiger partial charge is 0.254 e. The Hall–Kier alpha value is -2.37. The second-order valence-electron chi connectivity index (χ2n) is 4.85. The van der Waals surface area contributed by atoms with E-state index in [-0.39, 0.29) is 17.3 Å². The summed E-state index contributed by atoms with van der Waals surface area (Å²) >= 11 is 0. The maximum atomic E-state index is 13.6. The lowest BCUT2D eigenvalue weighted by atomic mass is 10.1. The molecule has 0 aliphatic heterocycles. The van der Waals surface area contributed by atoms with E-state index < -0.39 is 17.5 Å². The molecule has 2 rings (SSSR count). The van der Waals surface area contributed by atoms with Crippen LogP contribution in [0.4, 0.5) is 14.5 Å². The standard InChI is InChI=1S/C15H16F2N2O2/c1-9(4-5-10-3-2-6-21-10)19-15(20)11-7-14(18)13(17)8-12(11)16/h2-3,6-9H,4-5,18H2,1H3,(H,19,20). The van der Waals surface area contributed by atoms with Crippen LogP contribution in [-0.2, 0) is 6.42 Å². The maximum absolute atomic E-state index is 13.6. The molecule has 0 bridgehead atoms. The summed E-state index contributed by atoms with van der Waals surface area (Å²) < 4.78 is 31.8. The molecule has 1 atom stereocenters. The maximum Gasteiger partial charge on any atom is 0.254 e. The van der Waals surface area contributed by atoms with E-state index in [1.165, 1.54) is 0 Å². The van der Waals surface area contributed by atoms with E-state index in [0.29, 0.717) is 18.9 Å². The van der Waals surface area contributed by atoms with Crippen LogP contribution in [0.5, 0.6) is 0 Å². The van der Waals surface area contributed by atoms with Gasteiger partial charge in [-0.1, -0.05) is 0 Å². The number of amides is 1. The number of hydrogen-bond donors (Lipinski definition) is 2. The molecule has 21 heavy (non-hydrogen) atoms. The Morgan fingerprint density at radius 2 is 2.14 bits per heavy atom. The van der Waals surface area contributed by atoms with E-state index in [4.69, 9.17) is 10.2 Å². The van der Waals surface area contributed by atoms with Gasteiger partial charge in [0.25, 0.3) is 5.91 Å². The average Bonchev–Trinajstić information content (AvgIpc) is 2.93. The first-order valence-electron chi connectivity index (χ1n) is 6.55. The fourth-order valence-corrected chi connectivity index (χ4v) is 1.93. The highest BCUT2D eigenvalue weighted by Crippen LogP contribution is 2.17. The summed E-state index contributed by atoms with van der Waals surface area (Å²) in [5, 5.41) is 2.65. The van der Waals surface area contributed by atoms with Crippen molar-refractivity contribution in [2.45, 2.75) is 25.8 Å². The number of carbonyl (C=O) groups is 1. The number of hydrogen-bond acceptors (Lipinski definition) is 3. The second-order valence-corrected chi connectivity index (χ2v) is 4.85. The lowest BCUT2D eigenvalue weighted by Gasteiger charge is -2.14. The van der Waals surface area contributed by atoms with Crippen molar-refractivity contribution in [3.63, 3.8) is 0 Å². The van der Waals surface area contributed by atoms with E-state index in [1.807, 2.05) is 6.07 Å². The molecule has 112 valence electrons. The molecule has 0 aliphatic carbocycles. The summed E-state index contributed by atoms with van der Waals surface area (Å²) in [5.74, 6) is -1.62. The molecule has 0 spiro atoms. The fourth-order valence-electron chi connectivity index (χ4n) is 1.93. The van der Waals surface area contributed by atoms with E-state index in [9.17, 15) is 13.6 Å².